The largest absolute Gasteiger partial charge is 0.477 e. The van der Waals surface area contributed by atoms with E-state index >= 15 is 0 Å². The lowest BCUT2D eigenvalue weighted by Crippen LogP contribution is -2.11. The van der Waals surface area contributed by atoms with Gasteiger partial charge in [0, 0.05) is 0 Å². The highest BCUT2D eigenvalue weighted by molar-refractivity contribution is 5.88. The molecule has 7 heteroatoms. The molecule has 1 aromatic rings. The number of hydrogen-bond acceptors (Lipinski definition) is 2. The molecule has 1 rings (SSSR count). The molecule has 78 valence electrons. The Morgan fingerprint density at radius 3 is 2.00 bits per heavy atom. The summed E-state index contributed by atoms with van der Waals surface area (Å²) in [6.45, 7) is 0. The summed E-state index contributed by atoms with van der Waals surface area (Å²) in [5.74, 6) is -10.5. The van der Waals surface area contributed by atoms with Crippen LogP contribution in [0.25, 0.3) is 0 Å². The van der Waals surface area contributed by atoms with Gasteiger partial charge in [-0.05, 0) is 0 Å². The van der Waals surface area contributed by atoms with Gasteiger partial charge in [0.05, 0.1) is 0 Å². The number of nitriles is 1. The predicted octanol–water partition coefficient (Wildman–Crippen LogP) is 1.81. The first-order chi connectivity index (χ1) is 6.91. The molecule has 1 aromatic carbocycles. The summed E-state index contributed by atoms with van der Waals surface area (Å²) < 4.78 is 51.1. The van der Waals surface area contributed by atoms with Gasteiger partial charge < -0.3 is 5.11 Å². The quantitative estimate of drug-likeness (QED) is 0.445. The zero-order valence-electron chi connectivity index (χ0n) is 6.81. The molecule has 0 spiro atoms. The smallest absolute Gasteiger partial charge is 0.341 e. The van der Waals surface area contributed by atoms with Gasteiger partial charge in [-0.15, -0.1) is 0 Å². The Morgan fingerprint density at radius 2 is 1.60 bits per heavy atom. The maximum absolute atomic E-state index is 13.0. The fraction of sp³-hybridized carbons (Fsp3) is 0. The lowest BCUT2D eigenvalue weighted by atomic mass is 10.1. The monoisotopic (exact) mass is 219 g/mol. The minimum absolute atomic E-state index is 0.907. The van der Waals surface area contributed by atoms with Crippen molar-refractivity contribution in [3.05, 3.63) is 34.4 Å². The summed E-state index contributed by atoms with van der Waals surface area (Å²) in [4.78, 5) is 10.3. The van der Waals surface area contributed by atoms with Crippen LogP contribution in [0.1, 0.15) is 15.9 Å². The molecule has 0 aliphatic carbocycles. The van der Waals surface area contributed by atoms with Crippen molar-refractivity contribution in [1.82, 2.24) is 0 Å². The molecule has 0 amide bonds. The third kappa shape index (κ3) is 1.50. The van der Waals surface area contributed by atoms with E-state index in [1.54, 1.807) is 0 Å². The zero-order chi connectivity index (χ0) is 11.7. The molecule has 0 fully saturated rings. The summed E-state index contributed by atoms with van der Waals surface area (Å²) in [5.41, 5.74) is -3.16. The van der Waals surface area contributed by atoms with Gasteiger partial charge in [0.2, 0.25) is 0 Å². The number of nitrogens with zero attached hydrogens (tertiary/aromatic N) is 1. The van der Waals surface area contributed by atoms with Gasteiger partial charge in [-0.2, -0.15) is 5.26 Å². The van der Waals surface area contributed by atoms with Crippen molar-refractivity contribution >= 4 is 5.97 Å². The highest BCUT2D eigenvalue weighted by atomic mass is 19.2. The Bertz CT molecular complexity index is 493. The topological polar surface area (TPSA) is 61.1 Å². The van der Waals surface area contributed by atoms with E-state index in [9.17, 15) is 22.4 Å². The van der Waals surface area contributed by atoms with E-state index in [-0.39, 0.29) is 0 Å². The van der Waals surface area contributed by atoms with Crippen molar-refractivity contribution < 1.29 is 27.5 Å². The second-order valence-electron chi connectivity index (χ2n) is 2.42. The molecule has 0 saturated carbocycles. The van der Waals surface area contributed by atoms with Crippen LogP contribution in [0.5, 0.6) is 0 Å². The van der Waals surface area contributed by atoms with Crippen LogP contribution in [0.4, 0.5) is 17.6 Å². The molecule has 0 saturated heterocycles. The molecule has 1 N–H and O–H groups in total. The summed E-state index contributed by atoms with van der Waals surface area (Å²) in [6, 6.07) is 0.907. The number of carboxylic acids is 1. The Morgan fingerprint density at radius 1 is 1.07 bits per heavy atom. The van der Waals surface area contributed by atoms with Gasteiger partial charge in [-0.1, -0.05) is 0 Å². The first-order valence-electron chi connectivity index (χ1n) is 3.41. The number of rotatable bonds is 1. The highest BCUT2D eigenvalue weighted by Gasteiger charge is 2.28. The Balaban J connectivity index is 3.78. The zero-order valence-corrected chi connectivity index (χ0v) is 6.81. The van der Waals surface area contributed by atoms with E-state index in [2.05, 4.69) is 0 Å². The van der Waals surface area contributed by atoms with E-state index < -0.39 is 40.4 Å². The van der Waals surface area contributed by atoms with Gasteiger partial charge in [0.1, 0.15) is 17.2 Å². The maximum Gasteiger partial charge on any atom is 0.341 e. The molecular weight excluding hydrogens is 218 g/mol. The maximum atomic E-state index is 13.0. The number of benzene rings is 1. The van der Waals surface area contributed by atoms with Crippen molar-refractivity contribution in [3.63, 3.8) is 0 Å². The van der Waals surface area contributed by atoms with E-state index in [1.807, 2.05) is 0 Å². The molecule has 0 unspecified atom stereocenters. The average molecular weight is 219 g/mol. The van der Waals surface area contributed by atoms with Crippen LogP contribution in [0.2, 0.25) is 0 Å². The van der Waals surface area contributed by atoms with Crippen molar-refractivity contribution in [2.24, 2.45) is 0 Å². The standard InChI is InChI=1S/C8HF4NO2/c9-4-2(1-13)5(10)7(12)6(11)3(4)8(14)15/h(H,14,15). The fourth-order valence-corrected chi connectivity index (χ4v) is 0.919. The molecular formula is C8HF4NO2. The highest BCUT2D eigenvalue weighted by Crippen LogP contribution is 2.23. The minimum Gasteiger partial charge on any atom is -0.477 e. The van der Waals surface area contributed by atoms with Crippen molar-refractivity contribution in [2.75, 3.05) is 0 Å². The molecule has 0 heterocycles. The summed E-state index contributed by atoms with van der Waals surface area (Å²) in [6.07, 6.45) is 0. The van der Waals surface area contributed by atoms with Crippen LogP contribution in [0, 0.1) is 34.6 Å². The van der Waals surface area contributed by atoms with Gasteiger partial charge in [-0.25, -0.2) is 22.4 Å². The molecule has 0 bridgehead atoms. The van der Waals surface area contributed by atoms with E-state index in [1.165, 1.54) is 0 Å². The average Bonchev–Trinajstić information content (AvgIpc) is 2.15. The molecule has 15 heavy (non-hydrogen) atoms. The summed E-state index contributed by atoms with van der Waals surface area (Å²) in [5, 5.41) is 16.5. The molecule has 3 nitrogen and oxygen atoms in total. The van der Waals surface area contributed by atoms with Crippen molar-refractivity contribution in [3.8, 4) is 6.07 Å². The Labute approximate surface area is 80.2 Å². The van der Waals surface area contributed by atoms with Crippen LogP contribution in [-0.2, 0) is 0 Å². The van der Waals surface area contributed by atoms with Crippen LogP contribution in [0.15, 0.2) is 0 Å². The molecule has 0 aliphatic rings. The SMILES string of the molecule is N#Cc1c(F)c(F)c(F)c(C(=O)O)c1F. The minimum atomic E-state index is -2.19. The van der Waals surface area contributed by atoms with Crippen molar-refractivity contribution in [2.45, 2.75) is 0 Å². The van der Waals surface area contributed by atoms with Gasteiger partial charge in [0.15, 0.2) is 23.3 Å². The van der Waals surface area contributed by atoms with Crippen molar-refractivity contribution in [1.29, 1.82) is 5.26 Å². The van der Waals surface area contributed by atoms with E-state index in [0.29, 0.717) is 0 Å². The van der Waals surface area contributed by atoms with Crippen LogP contribution >= 0.6 is 0 Å². The Kier molecular flexibility index (Phi) is 2.61. The van der Waals surface area contributed by atoms with E-state index in [4.69, 9.17) is 10.4 Å². The second-order valence-corrected chi connectivity index (χ2v) is 2.42. The lowest BCUT2D eigenvalue weighted by molar-refractivity contribution is 0.0684. The van der Waals surface area contributed by atoms with Gasteiger partial charge >= 0.3 is 5.97 Å². The molecule has 0 atom stereocenters. The van der Waals surface area contributed by atoms with Crippen LogP contribution in [-0.4, -0.2) is 11.1 Å². The molecule has 0 radical (unpaired) electrons. The predicted molar refractivity (Wildman–Crippen MR) is 37.9 cm³/mol. The van der Waals surface area contributed by atoms with Crippen LogP contribution in [0.3, 0.4) is 0 Å². The van der Waals surface area contributed by atoms with Crippen LogP contribution < -0.4 is 0 Å². The molecule has 0 aliphatic heterocycles. The lowest BCUT2D eigenvalue weighted by Gasteiger charge is -2.03. The normalized spacial score (nSPS) is 9.80. The summed E-state index contributed by atoms with van der Waals surface area (Å²) in [7, 11) is 0. The number of carbonyl (C=O) groups is 1. The second kappa shape index (κ2) is 3.57. The first kappa shape index (κ1) is 11.0. The Hall–Kier alpha value is -2.10. The number of hydrogen-bond donors (Lipinski definition) is 1. The fourth-order valence-electron chi connectivity index (χ4n) is 0.919. The number of aromatic carboxylic acids is 1. The molecule has 0 aromatic heterocycles. The number of halogens is 4. The van der Waals surface area contributed by atoms with E-state index in [0.717, 1.165) is 6.07 Å². The van der Waals surface area contributed by atoms with Gasteiger partial charge in [-0.3, -0.25) is 0 Å². The number of carboxylic acid groups (broad SMARTS) is 1. The third-order valence-electron chi connectivity index (χ3n) is 1.59. The summed E-state index contributed by atoms with van der Waals surface area (Å²) >= 11 is 0. The third-order valence-corrected chi connectivity index (χ3v) is 1.59. The van der Waals surface area contributed by atoms with Gasteiger partial charge in [0.25, 0.3) is 0 Å². The first-order valence-corrected chi connectivity index (χ1v) is 3.41.